The molecule has 19 heavy (non-hydrogen) atoms. The fraction of sp³-hybridized carbons (Fsp3) is 0.647. The molecule has 0 amide bonds. The van der Waals surface area contributed by atoms with E-state index >= 15 is 0 Å². The molecular formula is C17H26N2. The van der Waals surface area contributed by atoms with Gasteiger partial charge < -0.3 is 5.73 Å². The zero-order valence-corrected chi connectivity index (χ0v) is 12.2. The predicted octanol–water partition coefficient (Wildman–Crippen LogP) is 3.29. The van der Waals surface area contributed by atoms with E-state index in [4.69, 9.17) is 5.73 Å². The molecule has 1 heterocycles. The number of fused-ring (bicyclic) bond motifs is 1. The van der Waals surface area contributed by atoms with Gasteiger partial charge in [0.2, 0.25) is 0 Å². The highest BCUT2D eigenvalue weighted by atomic mass is 15.2. The van der Waals surface area contributed by atoms with E-state index in [1.54, 1.807) is 11.1 Å². The molecule has 2 aliphatic rings. The summed E-state index contributed by atoms with van der Waals surface area (Å²) in [5.74, 6) is 1.41. The van der Waals surface area contributed by atoms with Crippen molar-refractivity contribution >= 4 is 0 Å². The van der Waals surface area contributed by atoms with E-state index < -0.39 is 0 Å². The van der Waals surface area contributed by atoms with E-state index in [9.17, 15) is 0 Å². The summed E-state index contributed by atoms with van der Waals surface area (Å²) >= 11 is 0. The second-order valence-electron chi connectivity index (χ2n) is 6.51. The van der Waals surface area contributed by atoms with Crippen LogP contribution in [0.1, 0.15) is 56.2 Å². The van der Waals surface area contributed by atoms with Gasteiger partial charge >= 0.3 is 0 Å². The van der Waals surface area contributed by atoms with Gasteiger partial charge in [0.25, 0.3) is 0 Å². The first-order valence-electron chi connectivity index (χ1n) is 7.75. The van der Waals surface area contributed by atoms with Gasteiger partial charge in [-0.3, -0.25) is 4.90 Å². The summed E-state index contributed by atoms with van der Waals surface area (Å²) in [6, 6.07) is 10.4. The van der Waals surface area contributed by atoms with Crippen LogP contribution in [0.3, 0.4) is 0 Å². The van der Waals surface area contributed by atoms with E-state index in [1.807, 2.05) is 0 Å². The number of nitrogens with two attached hydrogens (primary N) is 1. The molecule has 2 N–H and O–H groups in total. The van der Waals surface area contributed by atoms with Crippen LogP contribution in [-0.2, 0) is 0 Å². The molecule has 1 aromatic carbocycles. The number of hydrogen-bond donors (Lipinski definition) is 1. The minimum Gasteiger partial charge on any atom is -0.330 e. The molecule has 1 fully saturated rings. The molecule has 1 saturated heterocycles. The third-order valence-corrected chi connectivity index (χ3v) is 5.20. The van der Waals surface area contributed by atoms with Crippen molar-refractivity contribution < 1.29 is 0 Å². The normalized spacial score (nSPS) is 35.3. The monoisotopic (exact) mass is 258 g/mol. The molecular weight excluding hydrogens is 232 g/mol. The lowest BCUT2D eigenvalue weighted by Crippen LogP contribution is -2.34. The summed E-state index contributed by atoms with van der Waals surface area (Å²) in [6.07, 6.45) is 3.89. The fourth-order valence-corrected chi connectivity index (χ4v) is 4.10. The second kappa shape index (κ2) is 5.26. The van der Waals surface area contributed by atoms with E-state index in [1.165, 1.54) is 25.8 Å². The summed E-state index contributed by atoms with van der Waals surface area (Å²) in [6.45, 7) is 6.76. The molecule has 0 bridgehead atoms. The van der Waals surface area contributed by atoms with Crippen molar-refractivity contribution in [3.63, 3.8) is 0 Å². The van der Waals surface area contributed by atoms with Gasteiger partial charge in [-0.05, 0) is 55.7 Å². The Labute approximate surface area is 117 Å². The summed E-state index contributed by atoms with van der Waals surface area (Å²) in [4.78, 5) is 2.71. The largest absolute Gasteiger partial charge is 0.330 e. The van der Waals surface area contributed by atoms with Gasteiger partial charge in [0, 0.05) is 18.6 Å². The van der Waals surface area contributed by atoms with E-state index in [0.29, 0.717) is 18.0 Å². The Morgan fingerprint density at radius 3 is 2.58 bits per heavy atom. The second-order valence-corrected chi connectivity index (χ2v) is 6.51. The van der Waals surface area contributed by atoms with Gasteiger partial charge in [0.15, 0.2) is 0 Å². The van der Waals surface area contributed by atoms with Crippen LogP contribution in [0.5, 0.6) is 0 Å². The maximum Gasteiger partial charge on any atom is 0.0354 e. The molecule has 1 aliphatic carbocycles. The fourth-order valence-electron chi connectivity index (χ4n) is 4.10. The molecule has 4 unspecified atom stereocenters. The smallest absolute Gasteiger partial charge is 0.0354 e. The highest BCUT2D eigenvalue weighted by molar-refractivity contribution is 5.35. The van der Waals surface area contributed by atoms with Gasteiger partial charge in [-0.25, -0.2) is 0 Å². The minimum absolute atomic E-state index is 0.624. The van der Waals surface area contributed by atoms with Crippen molar-refractivity contribution in [3.05, 3.63) is 35.4 Å². The minimum atomic E-state index is 0.624. The van der Waals surface area contributed by atoms with Gasteiger partial charge in [0.1, 0.15) is 0 Å². The van der Waals surface area contributed by atoms with Crippen LogP contribution >= 0.6 is 0 Å². The molecule has 1 aliphatic heterocycles. The van der Waals surface area contributed by atoms with E-state index in [2.05, 4.69) is 43.0 Å². The molecule has 0 aromatic heterocycles. The Morgan fingerprint density at radius 1 is 1.16 bits per heavy atom. The van der Waals surface area contributed by atoms with Gasteiger partial charge in [-0.15, -0.1) is 0 Å². The molecule has 4 atom stereocenters. The number of nitrogens with zero attached hydrogens (tertiary/aromatic N) is 1. The average molecular weight is 258 g/mol. The van der Waals surface area contributed by atoms with Gasteiger partial charge in [-0.1, -0.05) is 31.2 Å². The third kappa shape index (κ3) is 2.32. The molecule has 0 radical (unpaired) electrons. The van der Waals surface area contributed by atoms with Gasteiger partial charge in [0.05, 0.1) is 0 Å². The van der Waals surface area contributed by atoms with Crippen LogP contribution in [0.2, 0.25) is 0 Å². The first-order valence-corrected chi connectivity index (χ1v) is 7.75. The first kappa shape index (κ1) is 13.1. The first-order chi connectivity index (χ1) is 9.20. The van der Waals surface area contributed by atoms with Crippen molar-refractivity contribution in [3.8, 4) is 0 Å². The Balaban J connectivity index is 1.88. The number of rotatable bonds is 2. The highest BCUT2D eigenvalue weighted by Crippen LogP contribution is 2.43. The summed E-state index contributed by atoms with van der Waals surface area (Å²) < 4.78 is 0. The predicted molar refractivity (Wildman–Crippen MR) is 80.2 cm³/mol. The molecule has 2 heteroatoms. The van der Waals surface area contributed by atoms with Crippen molar-refractivity contribution in [1.82, 2.24) is 4.90 Å². The average Bonchev–Trinajstić information content (AvgIpc) is 2.81. The molecule has 104 valence electrons. The van der Waals surface area contributed by atoms with Crippen molar-refractivity contribution in [2.75, 3.05) is 13.1 Å². The van der Waals surface area contributed by atoms with Crippen LogP contribution in [0, 0.1) is 5.92 Å². The van der Waals surface area contributed by atoms with Crippen LogP contribution < -0.4 is 5.73 Å². The quantitative estimate of drug-likeness (QED) is 0.882. The Kier molecular flexibility index (Phi) is 3.64. The standard InChI is InChI=1S/C17H26N2/c1-12-7-8-17(16-6-4-3-5-15(12)16)19-11-14(10-18)9-13(19)2/h3-6,12-14,17H,7-11,18H2,1-2H3. The zero-order chi connectivity index (χ0) is 13.4. The number of likely N-dealkylation sites (tertiary alicyclic amines) is 1. The Hall–Kier alpha value is -0.860. The maximum atomic E-state index is 5.88. The SMILES string of the molecule is CC1CCC(N2CC(CN)CC2C)c2ccccc21. The number of benzene rings is 1. The summed E-state index contributed by atoms with van der Waals surface area (Å²) in [5.41, 5.74) is 9.02. The molecule has 0 saturated carbocycles. The zero-order valence-electron chi connectivity index (χ0n) is 12.2. The Bertz CT molecular complexity index is 443. The lowest BCUT2D eigenvalue weighted by molar-refractivity contribution is 0.165. The van der Waals surface area contributed by atoms with Crippen LogP contribution in [0.15, 0.2) is 24.3 Å². The maximum absolute atomic E-state index is 5.88. The molecule has 3 rings (SSSR count). The lowest BCUT2D eigenvalue weighted by atomic mass is 9.80. The molecule has 0 spiro atoms. The van der Waals surface area contributed by atoms with Crippen molar-refractivity contribution in [2.45, 2.75) is 51.1 Å². The summed E-state index contributed by atoms with van der Waals surface area (Å²) in [5, 5.41) is 0. The van der Waals surface area contributed by atoms with Crippen molar-refractivity contribution in [1.29, 1.82) is 0 Å². The molecule has 2 nitrogen and oxygen atoms in total. The Morgan fingerprint density at radius 2 is 1.89 bits per heavy atom. The van der Waals surface area contributed by atoms with Crippen LogP contribution in [-0.4, -0.2) is 24.0 Å². The third-order valence-electron chi connectivity index (χ3n) is 5.20. The van der Waals surface area contributed by atoms with E-state index in [-0.39, 0.29) is 0 Å². The lowest BCUT2D eigenvalue weighted by Gasteiger charge is -2.38. The molecule has 1 aromatic rings. The van der Waals surface area contributed by atoms with Gasteiger partial charge in [-0.2, -0.15) is 0 Å². The van der Waals surface area contributed by atoms with Crippen LogP contribution in [0.25, 0.3) is 0 Å². The topological polar surface area (TPSA) is 29.3 Å². The van der Waals surface area contributed by atoms with Crippen LogP contribution in [0.4, 0.5) is 0 Å². The number of hydrogen-bond acceptors (Lipinski definition) is 2. The summed E-state index contributed by atoms with van der Waals surface area (Å²) in [7, 11) is 0. The van der Waals surface area contributed by atoms with E-state index in [0.717, 1.165) is 12.5 Å². The highest BCUT2D eigenvalue weighted by Gasteiger charge is 2.36. The van der Waals surface area contributed by atoms with Crippen molar-refractivity contribution in [2.24, 2.45) is 11.7 Å².